The summed E-state index contributed by atoms with van der Waals surface area (Å²) in [7, 11) is 1.74. The molecule has 1 heterocycles. The second-order valence-corrected chi connectivity index (χ2v) is 6.19. The summed E-state index contributed by atoms with van der Waals surface area (Å²) in [5.41, 5.74) is 0.389. The lowest BCUT2D eigenvalue weighted by molar-refractivity contribution is 0.0617. The Morgan fingerprint density at radius 1 is 1.40 bits per heavy atom. The van der Waals surface area contributed by atoms with Gasteiger partial charge in [-0.3, -0.25) is 4.79 Å². The summed E-state index contributed by atoms with van der Waals surface area (Å²) in [4.78, 5) is 24.6. The average Bonchev–Trinajstić information content (AvgIpc) is 2.86. The summed E-state index contributed by atoms with van der Waals surface area (Å²) in [6.45, 7) is 4.48. The zero-order valence-corrected chi connectivity index (χ0v) is 12.0. The molecule has 0 unspecified atom stereocenters. The first-order valence-corrected chi connectivity index (χ1v) is 6.77. The third-order valence-corrected chi connectivity index (χ3v) is 4.12. The first-order valence-electron chi connectivity index (χ1n) is 6.77. The molecular weight excluding hydrogens is 260 g/mol. The zero-order chi connectivity index (χ0) is 14.9. The van der Waals surface area contributed by atoms with Crippen LogP contribution in [0.25, 0.3) is 0 Å². The molecule has 1 saturated carbocycles. The second-order valence-electron chi connectivity index (χ2n) is 6.19. The van der Waals surface area contributed by atoms with Crippen LogP contribution in [-0.4, -0.2) is 40.1 Å². The Kier molecular flexibility index (Phi) is 3.83. The largest absolute Gasteiger partial charge is 0.475 e. The summed E-state index contributed by atoms with van der Waals surface area (Å²) < 4.78 is 4.62. The van der Waals surface area contributed by atoms with Crippen molar-refractivity contribution in [3.05, 3.63) is 17.5 Å². The van der Waals surface area contributed by atoms with Crippen molar-refractivity contribution in [1.29, 1.82) is 0 Å². The fourth-order valence-corrected chi connectivity index (χ4v) is 2.59. The highest BCUT2D eigenvalue weighted by Gasteiger charge is 2.31. The molecule has 0 radical (unpaired) electrons. The van der Waals surface area contributed by atoms with E-state index in [2.05, 4.69) is 23.5 Å². The molecule has 0 spiro atoms. The van der Waals surface area contributed by atoms with Crippen LogP contribution in [0.1, 0.15) is 60.6 Å². The standard InChI is InChI=1S/C14H20N2O4/c1-14(2)6-4-9(5-7-14)16(3)12(17)10-8-11(13(18)19)20-15-10/h8-9H,4-7H2,1-3H3,(H,18,19). The lowest BCUT2D eigenvalue weighted by Gasteiger charge is -2.38. The van der Waals surface area contributed by atoms with E-state index in [1.807, 2.05) is 0 Å². The van der Waals surface area contributed by atoms with Crippen molar-refractivity contribution < 1.29 is 19.2 Å². The lowest BCUT2D eigenvalue weighted by Crippen LogP contribution is -2.41. The van der Waals surface area contributed by atoms with E-state index in [1.165, 1.54) is 6.07 Å². The van der Waals surface area contributed by atoms with Crippen LogP contribution in [-0.2, 0) is 0 Å². The number of hydrogen-bond donors (Lipinski definition) is 1. The van der Waals surface area contributed by atoms with Crippen molar-refractivity contribution in [2.45, 2.75) is 45.6 Å². The minimum absolute atomic E-state index is 0.0507. The Hall–Kier alpha value is -1.85. The number of rotatable bonds is 3. The van der Waals surface area contributed by atoms with E-state index in [0.717, 1.165) is 25.7 Å². The van der Waals surface area contributed by atoms with Crippen LogP contribution in [0.3, 0.4) is 0 Å². The van der Waals surface area contributed by atoms with Gasteiger partial charge in [-0.05, 0) is 31.1 Å². The summed E-state index contributed by atoms with van der Waals surface area (Å²) >= 11 is 0. The maximum atomic E-state index is 12.3. The van der Waals surface area contributed by atoms with E-state index in [0.29, 0.717) is 5.41 Å². The number of carbonyl (C=O) groups is 2. The molecule has 1 aliphatic rings. The first-order chi connectivity index (χ1) is 9.30. The smallest absolute Gasteiger partial charge is 0.374 e. The van der Waals surface area contributed by atoms with Gasteiger partial charge in [0, 0.05) is 19.2 Å². The molecule has 0 aliphatic heterocycles. The number of aromatic carboxylic acids is 1. The highest BCUT2D eigenvalue weighted by Crippen LogP contribution is 2.36. The predicted octanol–water partition coefficient (Wildman–Crippen LogP) is 2.41. The number of carboxylic acid groups (broad SMARTS) is 1. The molecule has 2 rings (SSSR count). The Morgan fingerprint density at radius 3 is 2.50 bits per heavy atom. The van der Waals surface area contributed by atoms with Crippen molar-refractivity contribution in [2.75, 3.05) is 7.05 Å². The van der Waals surface area contributed by atoms with E-state index < -0.39 is 5.97 Å². The fraction of sp³-hybridized carbons (Fsp3) is 0.643. The zero-order valence-electron chi connectivity index (χ0n) is 12.0. The molecule has 1 fully saturated rings. The quantitative estimate of drug-likeness (QED) is 0.919. The van der Waals surface area contributed by atoms with Crippen LogP contribution < -0.4 is 0 Å². The van der Waals surface area contributed by atoms with Gasteiger partial charge in [-0.15, -0.1) is 0 Å². The maximum absolute atomic E-state index is 12.3. The minimum atomic E-state index is -1.22. The molecule has 0 atom stereocenters. The summed E-state index contributed by atoms with van der Waals surface area (Å²) in [5, 5.41) is 12.3. The number of aromatic nitrogens is 1. The molecule has 1 aromatic heterocycles. The molecule has 1 aromatic rings. The highest BCUT2D eigenvalue weighted by molar-refractivity contribution is 5.94. The lowest BCUT2D eigenvalue weighted by atomic mass is 9.75. The SMILES string of the molecule is CN(C(=O)c1cc(C(=O)O)on1)C1CCC(C)(C)CC1. The Morgan fingerprint density at radius 2 is 2.00 bits per heavy atom. The number of hydrogen-bond acceptors (Lipinski definition) is 4. The van der Waals surface area contributed by atoms with Crippen LogP contribution >= 0.6 is 0 Å². The molecule has 0 aromatic carbocycles. The Labute approximate surface area is 117 Å². The maximum Gasteiger partial charge on any atom is 0.374 e. The first kappa shape index (κ1) is 14.6. The van der Waals surface area contributed by atoms with Gasteiger partial charge in [0.25, 0.3) is 5.91 Å². The molecule has 1 aliphatic carbocycles. The van der Waals surface area contributed by atoms with Crippen molar-refractivity contribution in [1.82, 2.24) is 10.1 Å². The Balaban J connectivity index is 2.03. The van der Waals surface area contributed by atoms with Gasteiger partial charge in [-0.1, -0.05) is 19.0 Å². The summed E-state index contributed by atoms with van der Waals surface area (Å²) in [6.07, 6.45) is 4.07. The third kappa shape index (κ3) is 3.00. The molecule has 1 amide bonds. The van der Waals surface area contributed by atoms with Crippen LogP contribution in [0.15, 0.2) is 10.6 Å². The fourth-order valence-electron chi connectivity index (χ4n) is 2.59. The van der Waals surface area contributed by atoms with E-state index in [4.69, 9.17) is 5.11 Å². The number of amides is 1. The molecule has 0 saturated heterocycles. The molecule has 20 heavy (non-hydrogen) atoms. The molecule has 6 nitrogen and oxygen atoms in total. The summed E-state index contributed by atoms with van der Waals surface area (Å²) in [5.74, 6) is -1.82. The van der Waals surface area contributed by atoms with Gasteiger partial charge < -0.3 is 14.5 Å². The minimum Gasteiger partial charge on any atom is -0.475 e. The van der Waals surface area contributed by atoms with Crippen molar-refractivity contribution in [3.8, 4) is 0 Å². The second kappa shape index (κ2) is 5.26. The Bertz CT molecular complexity index is 511. The molecular formula is C14H20N2O4. The van der Waals surface area contributed by atoms with Gasteiger partial charge >= 0.3 is 5.97 Å². The molecule has 0 bridgehead atoms. The topological polar surface area (TPSA) is 83.6 Å². The molecule has 1 N–H and O–H groups in total. The van der Waals surface area contributed by atoms with Gasteiger partial charge in [-0.25, -0.2) is 4.79 Å². The van der Waals surface area contributed by atoms with E-state index in [-0.39, 0.29) is 23.4 Å². The monoisotopic (exact) mass is 280 g/mol. The highest BCUT2D eigenvalue weighted by atomic mass is 16.5. The van der Waals surface area contributed by atoms with Crippen molar-refractivity contribution >= 4 is 11.9 Å². The van der Waals surface area contributed by atoms with Crippen molar-refractivity contribution in [3.63, 3.8) is 0 Å². The van der Waals surface area contributed by atoms with E-state index in [9.17, 15) is 9.59 Å². The normalized spacial score (nSPS) is 18.8. The van der Waals surface area contributed by atoms with Gasteiger partial charge in [-0.2, -0.15) is 0 Å². The third-order valence-electron chi connectivity index (χ3n) is 4.12. The van der Waals surface area contributed by atoms with Crippen molar-refractivity contribution in [2.24, 2.45) is 5.41 Å². The van der Waals surface area contributed by atoms with Crippen LogP contribution in [0.4, 0.5) is 0 Å². The average molecular weight is 280 g/mol. The summed E-state index contributed by atoms with van der Waals surface area (Å²) in [6, 6.07) is 1.36. The predicted molar refractivity (Wildman–Crippen MR) is 71.6 cm³/mol. The molecule has 110 valence electrons. The number of nitrogens with zero attached hydrogens (tertiary/aromatic N) is 2. The number of carbonyl (C=O) groups excluding carboxylic acids is 1. The van der Waals surface area contributed by atoms with Crippen LogP contribution in [0.2, 0.25) is 0 Å². The van der Waals surface area contributed by atoms with Crippen LogP contribution in [0, 0.1) is 5.41 Å². The van der Waals surface area contributed by atoms with Crippen LogP contribution in [0.5, 0.6) is 0 Å². The van der Waals surface area contributed by atoms with Gasteiger partial charge in [0.15, 0.2) is 5.69 Å². The van der Waals surface area contributed by atoms with Gasteiger partial charge in [0.1, 0.15) is 0 Å². The molecule has 6 heteroatoms. The van der Waals surface area contributed by atoms with Gasteiger partial charge in [0.05, 0.1) is 0 Å². The number of carboxylic acids is 1. The van der Waals surface area contributed by atoms with E-state index in [1.54, 1.807) is 11.9 Å². The van der Waals surface area contributed by atoms with E-state index >= 15 is 0 Å². The van der Waals surface area contributed by atoms with Gasteiger partial charge in [0.2, 0.25) is 5.76 Å².